The Kier molecular flexibility index (Phi) is 6.78. The summed E-state index contributed by atoms with van der Waals surface area (Å²) in [7, 11) is 0. The molecule has 0 atom stereocenters. The average molecular weight is 577 g/mol. The number of hydrogen-bond donors (Lipinski definition) is 1. The number of imide groups is 2. The molecule has 5 aliphatic rings. The van der Waals surface area contributed by atoms with Crippen molar-refractivity contribution in [1.29, 1.82) is 0 Å². The minimum Gasteiger partial charge on any atom is -0.353 e. The number of piperidine rings is 1. The third kappa shape index (κ3) is 4.80. The van der Waals surface area contributed by atoms with Gasteiger partial charge in [-0.05, 0) is 37.0 Å². The van der Waals surface area contributed by atoms with E-state index >= 15 is 0 Å². The van der Waals surface area contributed by atoms with Crippen LogP contribution in [0.5, 0.6) is 0 Å². The summed E-state index contributed by atoms with van der Waals surface area (Å²) < 4.78 is 0. The highest BCUT2D eigenvalue weighted by Gasteiger charge is 2.43. The van der Waals surface area contributed by atoms with Crippen molar-refractivity contribution >= 4 is 47.3 Å². The van der Waals surface area contributed by atoms with Crippen molar-refractivity contribution in [3.8, 4) is 0 Å². The standard InChI is InChI=1S/C28H32N8O4S/c37-22-6-10-35(28(40)30-22)36-25(38)19-5-4-18(16-20(19)26(36)39)17-32-11-13-33(14-12-32)24-23-21(7-15-41-23)29-27(31-24)34-8-2-1-3-9-34/h4-5,16H,1-3,6-15,17H2,(H,30,37,40). The highest BCUT2D eigenvalue weighted by molar-refractivity contribution is 7.99. The number of fused-ring (bicyclic) bond motifs is 2. The number of anilines is 2. The molecular weight excluding hydrogens is 544 g/mol. The Morgan fingerprint density at radius 3 is 2.37 bits per heavy atom. The number of piperazine rings is 1. The number of thioether (sulfide) groups is 1. The quantitative estimate of drug-likeness (QED) is 0.528. The lowest BCUT2D eigenvalue weighted by molar-refractivity contribution is -0.122. The van der Waals surface area contributed by atoms with Crippen LogP contribution in [0.3, 0.4) is 0 Å². The van der Waals surface area contributed by atoms with Gasteiger partial charge in [-0.1, -0.05) is 6.07 Å². The molecule has 0 unspecified atom stereocenters. The first-order chi connectivity index (χ1) is 20.0. The van der Waals surface area contributed by atoms with Gasteiger partial charge in [-0.25, -0.2) is 14.8 Å². The molecule has 7 rings (SSSR count). The number of aryl methyl sites for hydroxylation is 1. The van der Waals surface area contributed by atoms with Crippen molar-refractivity contribution < 1.29 is 19.2 Å². The van der Waals surface area contributed by atoms with E-state index in [1.54, 1.807) is 12.1 Å². The molecule has 0 saturated carbocycles. The number of benzene rings is 1. The Balaban J connectivity index is 1.03. The molecule has 3 saturated heterocycles. The largest absolute Gasteiger partial charge is 0.353 e. The molecule has 41 heavy (non-hydrogen) atoms. The molecule has 1 aromatic carbocycles. The summed E-state index contributed by atoms with van der Waals surface area (Å²) in [6, 6.07) is 4.54. The van der Waals surface area contributed by atoms with Gasteiger partial charge in [-0.15, -0.1) is 11.8 Å². The zero-order chi connectivity index (χ0) is 28.1. The van der Waals surface area contributed by atoms with Crippen LogP contribution in [0, 0.1) is 0 Å². The highest BCUT2D eigenvalue weighted by Crippen LogP contribution is 2.39. The van der Waals surface area contributed by atoms with Crippen LogP contribution in [-0.2, 0) is 17.8 Å². The van der Waals surface area contributed by atoms with Crippen LogP contribution < -0.4 is 15.1 Å². The second-order valence-electron chi connectivity index (χ2n) is 11.1. The average Bonchev–Trinajstić information content (AvgIpc) is 3.56. The lowest BCUT2D eigenvalue weighted by atomic mass is 10.1. The SMILES string of the molecule is O=C1CCN(N2C(=O)c3ccc(CN4CCN(c5nc(N6CCCCC6)nc6c5SCC6)CC4)cc3C2=O)C(=O)N1. The number of urea groups is 1. The minimum atomic E-state index is -0.760. The van der Waals surface area contributed by atoms with E-state index in [-0.39, 0.29) is 24.1 Å². The Bertz CT molecular complexity index is 1440. The number of amides is 5. The van der Waals surface area contributed by atoms with Gasteiger partial charge in [0.2, 0.25) is 11.9 Å². The number of hydrogen-bond acceptors (Lipinski definition) is 10. The van der Waals surface area contributed by atoms with Crippen LogP contribution >= 0.6 is 11.8 Å². The van der Waals surface area contributed by atoms with E-state index in [1.807, 2.05) is 17.8 Å². The molecule has 5 aliphatic heterocycles. The number of rotatable bonds is 5. The van der Waals surface area contributed by atoms with Gasteiger partial charge in [0.15, 0.2) is 0 Å². The molecule has 1 aromatic heterocycles. The number of aromatic nitrogens is 2. The fourth-order valence-corrected chi connectivity index (χ4v) is 7.32. The highest BCUT2D eigenvalue weighted by atomic mass is 32.2. The van der Waals surface area contributed by atoms with Gasteiger partial charge in [0, 0.05) is 64.4 Å². The second-order valence-corrected chi connectivity index (χ2v) is 12.2. The van der Waals surface area contributed by atoms with Crippen molar-refractivity contribution in [2.45, 2.75) is 43.5 Å². The maximum Gasteiger partial charge on any atom is 0.343 e. The summed E-state index contributed by atoms with van der Waals surface area (Å²) in [6.07, 6.45) is 4.69. The summed E-state index contributed by atoms with van der Waals surface area (Å²) in [6.45, 7) is 6.08. The number of hydrazine groups is 1. The number of nitrogens with zero attached hydrogens (tertiary/aromatic N) is 7. The van der Waals surface area contributed by atoms with Gasteiger partial charge in [-0.3, -0.25) is 24.6 Å². The Morgan fingerprint density at radius 2 is 1.59 bits per heavy atom. The first-order valence-corrected chi connectivity index (χ1v) is 15.3. The van der Waals surface area contributed by atoms with Crippen molar-refractivity contribution in [3.63, 3.8) is 0 Å². The number of carbonyl (C=O) groups excluding carboxylic acids is 4. The molecule has 6 heterocycles. The smallest absolute Gasteiger partial charge is 0.343 e. The Hall–Kier alpha value is -3.71. The number of nitrogens with one attached hydrogen (secondary N) is 1. The summed E-state index contributed by atoms with van der Waals surface area (Å²) in [5.74, 6) is 1.49. The molecule has 12 nitrogen and oxygen atoms in total. The summed E-state index contributed by atoms with van der Waals surface area (Å²) >= 11 is 1.86. The molecule has 214 valence electrons. The van der Waals surface area contributed by atoms with Crippen molar-refractivity contribution in [3.05, 3.63) is 40.6 Å². The molecule has 0 radical (unpaired) electrons. The lowest BCUT2D eigenvalue weighted by Gasteiger charge is -2.36. The van der Waals surface area contributed by atoms with E-state index in [9.17, 15) is 19.2 Å². The van der Waals surface area contributed by atoms with Gasteiger partial charge in [0.05, 0.1) is 28.3 Å². The third-order valence-corrected chi connectivity index (χ3v) is 9.53. The van der Waals surface area contributed by atoms with Crippen molar-refractivity contribution in [1.82, 2.24) is 30.2 Å². The summed E-state index contributed by atoms with van der Waals surface area (Å²) in [5, 5.41) is 4.04. The maximum atomic E-state index is 13.2. The zero-order valence-corrected chi connectivity index (χ0v) is 23.6. The molecule has 0 bridgehead atoms. The molecule has 2 aromatic rings. The van der Waals surface area contributed by atoms with E-state index in [0.717, 1.165) is 78.8 Å². The van der Waals surface area contributed by atoms with Gasteiger partial charge < -0.3 is 9.80 Å². The van der Waals surface area contributed by atoms with Gasteiger partial charge in [0.1, 0.15) is 5.82 Å². The van der Waals surface area contributed by atoms with Gasteiger partial charge in [-0.2, -0.15) is 9.99 Å². The van der Waals surface area contributed by atoms with E-state index in [2.05, 4.69) is 20.0 Å². The van der Waals surface area contributed by atoms with E-state index in [1.165, 1.54) is 29.9 Å². The van der Waals surface area contributed by atoms with Gasteiger partial charge in [0.25, 0.3) is 11.8 Å². The second kappa shape index (κ2) is 10.6. The molecule has 5 amide bonds. The normalized spacial score (nSPS) is 21.5. The van der Waals surface area contributed by atoms with Crippen LogP contribution in [0.2, 0.25) is 0 Å². The third-order valence-electron chi connectivity index (χ3n) is 8.41. The minimum absolute atomic E-state index is 0.0131. The van der Waals surface area contributed by atoms with Crippen LogP contribution in [0.25, 0.3) is 0 Å². The lowest BCUT2D eigenvalue weighted by Crippen LogP contribution is -2.58. The first-order valence-electron chi connectivity index (χ1n) is 14.4. The predicted molar refractivity (Wildman–Crippen MR) is 152 cm³/mol. The fraction of sp³-hybridized carbons (Fsp3) is 0.500. The monoisotopic (exact) mass is 576 g/mol. The first kappa shape index (κ1) is 26.2. The van der Waals surface area contributed by atoms with Crippen molar-refractivity contribution in [2.75, 3.05) is 61.4 Å². The fourth-order valence-electron chi connectivity index (χ4n) is 6.20. The zero-order valence-electron chi connectivity index (χ0n) is 22.8. The number of carbonyl (C=O) groups is 4. The van der Waals surface area contributed by atoms with Crippen LogP contribution in [0.1, 0.15) is 57.7 Å². The summed E-state index contributed by atoms with van der Waals surface area (Å²) in [5.41, 5.74) is 2.68. The molecule has 13 heteroatoms. The van der Waals surface area contributed by atoms with Crippen molar-refractivity contribution in [2.24, 2.45) is 0 Å². The molecule has 0 spiro atoms. The topological polar surface area (TPSA) is 122 Å². The molecule has 3 fully saturated rings. The van der Waals surface area contributed by atoms with Crippen LogP contribution in [-0.4, -0.2) is 100 Å². The summed E-state index contributed by atoms with van der Waals surface area (Å²) in [4.78, 5) is 68.3. The Morgan fingerprint density at radius 1 is 0.805 bits per heavy atom. The van der Waals surface area contributed by atoms with Gasteiger partial charge >= 0.3 is 6.03 Å². The maximum absolute atomic E-state index is 13.2. The van der Waals surface area contributed by atoms with Crippen LogP contribution in [0.15, 0.2) is 23.1 Å². The van der Waals surface area contributed by atoms with E-state index in [0.29, 0.717) is 6.54 Å². The van der Waals surface area contributed by atoms with Crippen LogP contribution in [0.4, 0.5) is 16.6 Å². The Labute approximate surface area is 242 Å². The molecule has 1 N–H and O–H groups in total. The van der Waals surface area contributed by atoms with E-state index in [4.69, 9.17) is 9.97 Å². The molecule has 0 aliphatic carbocycles. The molecular formula is C28H32N8O4S. The van der Waals surface area contributed by atoms with E-state index < -0.39 is 23.8 Å². The predicted octanol–water partition coefficient (Wildman–Crippen LogP) is 1.89.